The molecule has 3 aliphatic rings. The van der Waals surface area contributed by atoms with Gasteiger partial charge in [0.15, 0.2) is 0 Å². The quantitative estimate of drug-likeness (QED) is 0.229. The Hall–Kier alpha value is -2.77. The fraction of sp³-hybridized carbons (Fsp3) is 0.853. The molecule has 2 saturated carbocycles. The van der Waals surface area contributed by atoms with Crippen molar-refractivity contribution < 1.29 is 29.1 Å². The Kier molecular flexibility index (Phi) is 14.9. The van der Waals surface area contributed by atoms with Gasteiger partial charge in [-0.1, -0.05) is 46.0 Å². The molecule has 0 aromatic heterocycles. The zero-order valence-corrected chi connectivity index (χ0v) is 29.4. The smallest absolute Gasteiger partial charge is 0.245 e. The molecule has 13 heteroatoms. The molecule has 1 heterocycles. The maximum absolute atomic E-state index is 14.2. The number of amides is 5. The van der Waals surface area contributed by atoms with Gasteiger partial charge in [-0.2, -0.15) is 0 Å². The van der Waals surface area contributed by atoms with Gasteiger partial charge in [0.2, 0.25) is 29.5 Å². The lowest BCUT2D eigenvalue weighted by molar-refractivity contribution is -0.144. The zero-order chi connectivity index (χ0) is 34.8. The van der Waals surface area contributed by atoms with Crippen LogP contribution in [0.3, 0.4) is 0 Å². The van der Waals surface area contributed by atoms with Gasteiger partial charge in [-0.15, -0.1) is 0 Å². The molecule has 5 amide bonds. The molecule has 1 aliphatic heterocycles. The number of hydrogen-bond donors (Lipinski definition) is 6. The van der Waals surface area contributed by atoms with Gasteiger partial charge in [0.25, 0.3) is 0 Å². The van der Waals surface area contributed by atoms with Gasteiger partial charge in [-0.25, -0.2) is 0 Å². The minimum absolute atomic E-state index is 0.0909. The number of hydrogen-bond acceptors (Lipinski definition) is 8. The second kappa shape index (κ2) is 18.1. The molecular weight excluding hydrogens is 602 g/mol. The summed E-state index contributed by atoms with van der Waals surface area (Å²) >= 11 is 0. The van der Waals surface area contributed by atoms with Crippen LogP contribution in [-0.4, -0.2) is 113 Å². The summed E-state index contributed by atoms with van der Waals surface area (Å²) in [6.07, 6.45) is 7.91. The van der Waals surface area contributed by atoms with Gasteiger partial charge in [0.05, 0.1) is 12.1 Å². The first-order valence-electron chi connectivity index (χ1n) is 17.8. The number of carbonyl (C=O) groups is 5. The summed E-state index contributed by atoms with van der Waals surface area (Å²) in [6.45, 7) is 9.83. The van der Waals surface area contributed by atoms with E-state index in [2.05, 4.69) is 26.2 Å². The molecule has 0 aromatic carbocycles. The Morgan fingerprint density at radius 2 is 1.43 bits per heavy atom. The average molecular weight is 664 g/mol. The van der Waals surface area contributed by atoms with E-state index in [4.69, 9.17) is 5.73 Å². The van der Waals surface area contributed by atoms with E-state index in [0.717, 1.165) is 57.8 Å². The molecular formula is C34H61N7O6. The predicted molar refractivity (Wildman–Crippen MR) is 180 cm³/mol. The minimum Gasteiger partial charge on any atom is -0.391 e. The summed E-state index contributed by atoms with van der Waals surface area (Å²) in [6, 6.07) is -5.26. The number of rotatable bonds is 7. The molecule has 0 aromatic rings. The van der Waals surface area contributed by atoms with Crippen molar-refractivity contribution in [1.29, 1.82) is 0 Å². The lowest BCUT2D eigenvalue weighted by Crippen LogP contribution is -2.63. The van der Waals surface area contributed by atoms with Crippen LogP contribution in [0, 0.1) is 17.8 Å². The molecule has 3 fully saturated rings. The number of nitrogens with two attached hydrogens (primary N) is 1. The van der Waals surface area contributed by atoms with Crippen LogP contribution in [0.15, 0.2) is 0 Å². The molecule has 3 rings (SSSR count). The molecule has 0 radical (unpaired) electrons. The normalized spacial score (nSPS) is 31.5. The van der Waals surface area contributed by atoms with Crippen LogP contribution >= 0.6 is 0 Å². The summed E-state index contributed by atoms with van der Waals surface area (Å²) in [7, 11) is 1.65. The van der Waals surface area contributed by atoms with Crippen LogP contribution in [-0.2, 0) is 24.0 Å². The molecule has 0 bridgehead atoms. The number of carbonyl (C=O) groups excluding carboxylic acids is 5. The molecule has 13 nitrogen and oxygen atoms in total. The monoisotopic (exact) mass is 663 g/mol. The Balaban J connectivity index is 2.03. The molecule has 1 unspecified atom stereocenters. The van der Waals surface area contributed by atoms with E-state index < -0.39 is 66.0 Å². The molecule has 7 N–H and O–H groups in total. The number of aliphatic hydroxyl groups excluding tert-OH is 1. The number of aliphatic hydroxyl groups is 1. The van der Waals surface area contributed by atoms with Crippen LogP contribution in [0.1, 0.15) is 98.8 Å². The fourth-order valence-corrected chi connectivity index (χ4v) is 7.40. The van der Waals surface area contributed by atoms with Crippen molar-refractivity contribution in [3.05, 3.63) is 0 Å². The molecule has 2 aliphatic carbocycles. The van der Waals surface area contributed by atoms with Gasteiger partial charge in [-0.3, -0.25) is 28.9 Å². The Bertz CT molecular complexity index is 1080. The third-order valence-corrected chi connectivity index (χ3v) is 10.2. The molecule has 7 atom stereocenters. The maximum Gasteiger partial charge on any atom is 0.245 e. The van der Waals surface area contributed by atoms with Crippen LogP contribution in [0.4, 0.5) is 0 Å². The minimum atomic E-state index is -1.30. The van der Waals surface area contributed by atoms with Crippen molar-refractivity contribution in [2.24, 2.45) is 23.5 Å². The van der Waals surface area contributed by atoms with Gasteiger partial charge < -0.3 is 37.0 Å². The average Bonchev–Trinajstić information content (AvgIpc) is 3.54. The summed E-state index contributed by atoms with van der Waals surface area (Å²) in [5, 5.41) is 21.7. The highest BCUT2D eigenvalue weighted by atomic mass is 16.3. The number of likely N-dealkylation sites (N-methyl/N-ethyl adjacent to an activating group) is 1. The zero-order valence-electron chi connectivity index (χ0n) is 29.4. The molecule has 0 spiro atoms. The van der Waals surface area contributed by atoms with Crippen LogP contribution in [0.2, 0.25) is 0 Å². The first kappa shape index (κ1) is 38.7. The van der Waals surface area contributed by atoms with Gasteiger partial charge in [0.1, 0.15) is 24.2 Å². The molecule has 1 saturated heterocycles. The molecule has 47 heavy (non-hydrogen) atoms. The Morgan fingerprint density at radius 3 is 2.00 bits per heavy atom. The van der Waals surface area contributed by atoms with Gasteiger partial charge >= 0.3 is 0 Å². The van der Waals surface area contributed by atoms with E-state index in [9.17, 15) is 29.1 Å². The van der Waals surface area contributed by atoms with E-state index in [1.807, 2.05) is 27.7 Å². The van der Waals surface area contributed by atoms with Gasteiger partial charge in [-0.05, 0) is 70.6 Å². The first-order valence-corrected chi connectivity index (χ1v) is 17.8. The number of nitrogens with zero attached hydrogens (tertiary/aromatic N) is 2. The van der Waals surface area contributed by atoms with E-state index >= 15 is 0 Å². The predicted octanol–water partition coefficient (Wildman–Crippen LogP) is 0.633. The Morgan fingerprint density at radius 1 is 0.809 bits per heavy atom. The van der Waals surface area contributed by atoms with Crippen molar-refractivity contribution in [3.63, 3.8) is 0 Å². The van der Waals surface area contributed by atoms with E-state index in [0.29, 0.717) is 25.4 Å². The third-order valence-electron chi connectivity index (χ3n) is 10.2. The largest absolute Gasteiger partial charge is 0.391 e. The highest BCUT2D eigenvalue weighted by Gasteiger charge is 2.39. The standard InChI is InChI=1S/C34H61N7O6/c1-20(2)16-27-31(44)39-29(25-14-8-7-9-15-25)33(46)37-26(17-35)30(43)38-28(23(5)42)32(45)36-21(3)18-41(19-24-12-10-11-13-24)22(4)34(47)40(27)6/h20-29,42H,7-19,35H2,1-6H3,(H,36,45)(H,37,46)(H,38,43)(H,39,44)/t21?,22-,23-,26-,27-,28-,29-/m0/s1. The summed E-state index contributed by atoms with van der Waals surface area (Å²) in [4.78, 5) is 72.5. The highest BCUT2D eigenvalue weighted by Crippen LogP contribution is 2.28. The maximum atomic E-state index is 14.2. The summed E-state index contributed by atoms with van der Waals surface area (Å²) in [5.74, 6) is -2.09. The second-order valence-electron chi connectivity index (χ2n) is 14.7. The Labute approximate surface area is 280 Å². The fourth-order valence-electron chi connectivity index (χ4n) is 7.40. The number of nitrogens with one attached hydrogen (secondary N) is 4. The highest BCUT2D eigenvalue weighted by molar-refractivity contribution is 5.96. The summed E-state index contributed by atoms with van der Waals surface area (Å²) < 4.78 is 0. The van der Waals surface area contributed by atoms with E-state index in [1.54, 1.807) is 7.05 Å². The topological polar surface area (TPSA) is 186 Å². The van der Waals surface area contributed by atoms with Crippen molar-refractivity contribution in [1.82, 2.24) is 31.1 Å². The lowest BCUT2D eigenvalue weighted by Gasteiger charge is -2.38. The summed E-state index contributed by atoms with van der Waals surface area (Å²) in [5.41, 5.74) is 5.94. The van der Waals surface area contributed by atoms with Crippen LogP contribution in [0.5, 0.6) is 0 Å². The van der Waals surface area contributed by atoms with Gasteiger partial charge in [0, 0.05) is 32.7 Å². The van der Waals surface area contributed by atoms with Crippen molar-refractivity contribution in [3.8, 4) is 0 Å². The first-order chi connectivity index (χ1) is 22.2. The second-order valence-corrected chi connectivity index (χ2v) is 14.7. The van der Waals surface area contributed by atoms with E-state index in [-0.39, 0.29) is 24.3 Å². The SMILES string of the molecule is CC(C)C[C@H]1C(=O)N[C@@H](C2CCCCC2)C(=O)N[C@@H](CN)C(=O)N[C@@H]([C@H](C)O)C(=O)NC(C)CN(CC2CCCC2)[C@@H](C)C(=O)N1C. The van der Waals surface area contributed by atoms with Crippen molar-refractivity contribution in [2.45, 2.75) is 141 Å². The molecule has 268 valence electrons. The van der Waals surface area contributed by atoms with Crippen molar-refractivity contribution in [2.75, 3.05) is 26.7 Å². The van der Waals surface area contributed by atoms with Crippen molar-refractivity contribution >= 4 is 29.5 Å². The lowest BCUT2D eigenvalue weighted by atomic mass is 9.83. The van der Waals surface area contributed by atoms with Crippen LogP contribution < -0.4 is 27.0 Å². The van der Waals surface area contributed by atoms with Crippen LogP contribution in [0.25, 0.3) is 0 Å². The third kappa shape index (κ3) is 10.9. The van der Waals surface area contributed by atoms with E-state index in [1.165, 1.54) is 11.8 Å².